The van der Waals surface area contributed by atoms with Crippen LogP contribution in [0.1, 0.15) is 101 Å². The first-order valence-electron chi connectivity index (χ1n) is 12.1. The summed E-state index contributed by atoms with van der Waals surface area (Å²) in [7, 11) is -1.73. The summed E-state index contributed by atoms with van der Waals surface area (Å²) in [6.45, 7) is 26.3. The number of rotatable bonds is 13. The van der Waals surface area contributed by atoms with Crippen LogP contribution in [0.15, 0.2) is 12.3 Å². The van der Waals surface area contributed by atoms with Crippen LogP contribution in [-0.2, 0) is 4.43 Å². The van der Waals surface area contributed by atoms with Crippen molar-refractivity contribution in [2.75, 3.05) is 0 Å². The molecule has 1 atom stereocenters. The molecule has 0 aliphatic carbocycles. The summed E-state index contributed by atoms with van der Waals surface area (Å²) in [6, 6.07) is 0. The molecule has 0 N–H and O–H groups in total. The molecule has 0 fully saturated rings. The van der Waals surface area contributed by atoms with Gasteiger partial charge in [-0.15, -0.1) is 0 Å². The first-order valence-corrected chi connectivity index (χ1v) is 22.7. The van der Waals surface area contributed by atoms with Crippen LogP contribution in [0, 0.1) is 5.41 Å². The van der Waals surface area contributed by atoms with E-state index in [1.807, 2.05) is 0 Å². The van der Waals surface area contributed by atoms with Crippen molar-refractivity contribution < 1.29 is 4.43 Å². The summed E-state index contributed by atoms with van der Waals surface area (Å²) >= 11 is -2.35. The van der Waals surface area contributed by atoms with Crippen molar-refractivity contribution in [2.45, 2.75) is 136 Å². The van der Waals surface area contributed by atoms with E-state index < -0.39 is 26.7 Å². The quantitative estimate of drug-likeness (QED) is 0.175. The average molecular weight is 518 g/mol. The Morgan fingerprint density at radius 3 is 1.46 bits per heavy atom. The SMILES string of the molecule is CCC[CH2][Sn]([CH2]CCC)([CH2]CCC)[CH](/C=C\O[Si](C)(C)C(C)(C)C)C(C)(C)C. The average Bonchev–Trinajstić information content (AvgIpc) is 2.57. The number of unbranched alkanes of at least 4 members (excludes halogenated alkanes) is 3. The first kappa shape index (κ1) is 28.6. The maximum absolute atomic E-state index is 6.52. The monoisotopic (exact) mass is 518 g/mol. The van der Waals surface area contributed by atoms with Crippen LogP contribution in [0.4, 0.5) is 0 Å². The Kier molecular flexibility index (Phi) is 12.7. The Bertz CT molecular complexity index is 421. The summed E-state index contributed by atoms with van der Waals surface area (Å²) in [5, 5.41) is 0.265. The molecule has 0 heterocycles. The van der Waals surface area contributed by atoms with Crippen molar-refractivity contribution in [3.63, 3.8) is 0 Å². The molecule has 0 saturated heterocycles. The Morgan fingerprint density at radius 2 is 1.18 bits per heavy atom. The van der Waals surface area contributed by atoms with Gasteiger partial charge in [-0.2, -0.15) is 0 Å². The van der Waals surface area contributed by atoms with Crippen molar-refractivity contribution in [3.05, 3.63) is 12.3 Å². The van der Waals surface area contributed by atoms with Crippen LogP contribution in [0.2, 0.25) is 35.4 Å². The van der Waals surface area contributed by atoms with Crippen LogP contribution in [0.5, 0.6) is 0 Å². The first-order chi connectivity index (χ1) is 12.8. The topological polar surface area (TPSA) is 9.23 Å². The maximum atomic E-state index is 6.52. The second-order valence-electron chi connectivity index (χ2n) is 11.7. The number of hydrogen-bond acceptors (Lipinski definition) is 1. The molecule has 3 heteroatoms. The van der Waals surface area contributed by atoms with Gasteiger partial charge in [-0.05, 0) is 0 Å². The summed E-state index contributed by atoms with van der Waals surface area (Å²) in [4.78, 5) is 0. The van der Waals surface area contributed by atoms with Gasteiger partial charge in [0, 0.05) is 0 Å². The van der Waals surface area contributed by atoms with E-state index in [2.05, 4.69) is 87.7 Å². The Balaban J connectivity index is 5.90. The fourth-order valence-electron chi connectivity index (χ4n) is 4.30. The molecule has 0 aliphatic rings. The van der Waals surface area contributed by atoms with Crippen LogP contribution >= 0.6 is 0 Å². The van der Waals surface area contributed by atoms with Crippen LogP contribution in [-0.4, -0.2) is 26.7 Å². The summed E-state index contributed by atoms with van der Waals surface area (Å²) in [5.74, 6) is 0. The van der Waals surface area contributed by atoms with E-state index in [1.54, 1.807) is 13.3 Å². The Morgan fingerprint density at radius 1 is 0.786 bits per heavy atom. The molecule has 0 aromatic carbocycles. The molecule has 1 unspecified atom stereocenters. The number of allylic oxidation sites excluding steroid dienone is 1. The van der Waals surface area contributed by atoms with E-state index in [-0.39, 0.29) is 5.04 Å². The van der Waals surface area contributed by atoms with E-state index in [0.717, 1.165) is 3.93 Å². The predicted octanol–water partition coefficient (Wildman–Crippen LogP) is 9.79. The van der Waals surface area contributed by atoms with Crippen LogP contribution in [0.25, 0.3) is 0 Å². The van der Waals surface area contributed by atoms with Gasteiger partial charge in [0.2, 0.25) is 0 Å². The molecule has 0 amide bonds. The van der Waals surface area contributed by atoms with Gasteiger partial charge in [-0.3, -0.25) is 0 Å². The molecule has 0 radical (unpaired) electrons. The summed E-state index contributed by atoms with van der Waals surface area (Å²) < 4.78 is 12.0. The molecule has 0 saturated carbocycles. The minimum absolute atomic E-state index is 0.265. The molecule has 0 aromatic heterocycles. The van der Waals surface area contributed by atoms with Crippen molar-refractivity contribution in [1.29, 1.82) is 0 Å². The molecule has 0 spiro atoms. The fourth-order valence-corrected chi connectivity index (χ4v) is 25.6. The van der Waals surface area contributed by atoms with E-state index >= 15 is 0 Å². The third-order valence-corrected chi connectivity index (χ3v) is 29.8. The molecule has 1 nitrogen and oxygen atoms in total. The number of hydrogen-bond donors (Lipinski definition) is 0. The third-order valence-electron chi connectivity index (χ3n) is 7.12. The van der Waals surface area contributed by atoms with Crippen molar-refractivity contribution in [2.24, 2.45) is 5.41 Å². The van der Waals surface area contributed by atoms with E-state index in [4.69, 9.17) is 4.43 Å². The summed E-state index contributed by atoms with van der Waals surface area (Å²) in [6.07, 6.45) is 13.1. The fraction of sp³-hybridized carbons (Fsp3) is 0.920. The zero-order valence-electron chi connectivity index (χ0n) is 21.5. The molecule has 28 heavy (non-hydrogen) atoms. The van der Waals surface area contributed by atoms with Crippen LogP contribution < -0.4 is 0 Å². The second-order valence-corrected chi connectivity index (χ2v) is 30.3. The predicted molar refractivity (Wildman–Crippen MR) is 136 cm³/mol. The zero-order valence-corrected chi connectivity index (χ0v) is 25.4. The van der Waals surface area contributed by atoms with Gasteiger partial charge in [0.25, 0.3) is 0 Å². The van der Waals surface area contributed by atoms with Crippen LogP contribution in [0.3, 0.4) is 0 Å². The van der Waals surface area contributed by atoms with E-state index in [1.165, 1.54) is 38.5 Å². The van der Waals surface area contributed by atoms with E-state index in [9.17, 15) is 0 Å². The molecule has 0 aromatic rings. The van der Waals surface area contributed by atoms with E-state index in [0.29, 0.717) is 5.41 Å². The zero-order chi connectivity index (χ0) is 22.1. The van der Waals surface area contributed by atoms with Gasteiger partial charge in [-0.1, -0.05) is 0 Å². The van der Waals surface area contributed by atoms with Gasteiger partial charge in [0.1, 0.15) is 0 Å². The van der Waals surface area contributed by atoms with Gasteiger partial charge >= 0.3 is 185 Å². The van der Waals surface area contributed by atoms with Gasteiger partial charge in [-0.25, -0.2) is 0 Å². The second kappa shape index (κ2) is 12.4. The van der Waals surface area contributed by atoms with Crippen molar-refractivity contribution >= 4 is 26.7 Å². The normalized spacial score (nSPS) is 15.2. The molecule has 0 aliphatic heterocycles. The molecule has 0 bridgehead atoms. The third kappa shape index (κ3) is 9.14. The van der Waals surface area contributed by atoms with Crippen molar-refractivity contribution in [3.8, 4) is 0 Å². The Hall–Kier alpha value is 0.556. The van der Waals surface area contributed by atoms with Gasteiger partial charge in [0.05, 0.1) is 0 Å². The molecule has 0 rings (SSSR count). The molecular weight excluding hydrogens is 463 g/mol. The van der Waals surface area contributed by atoms with Gasteiger partial charge in [0.15, 0.2) is 0 Å². The summed E-state index contributed by atoms with van der Waals surface area (Å²) in [5.41, 5.74) is 0.346. The van der Waals surface area contributed by atoms with Crippen molar-refractivity contribution in [1.82, 2.24) is 0 Å². The van der Waals surface area contributed by atoms with Gasteiger partial charge < -0.3 is 0 Å². The molecule has 168 valence electrons. The molecular formula is C25H54OSiSn. The Labute approximate surface area is 184 Å². The minimum atomic E-state index is -2.35. The standard InChI is InChI=1S/C13H27OSi.3C4H9.Sn/c1-12(2,3)10-9-11-14-15(7,8)13(4,5)6;3*1-3-4-2;/h9-11H,1-8H3;3*1,3-4H2,2H3;/b11-9-;;;;.